The number of carbonyl (C=O) groups is 3. The van der Waals surface area contributed by atoms with Crippen molar-refractivity contribution in [2.75, 3.05) is 13.2 Å². The molecular formula is C13H22N2O5. The zero-order valence-corrected chi connectivity index (χ0v) is 12.0. The summed E-state index contributed by atoms with van der Waals surface area (Å²) in [7, 11) is 0. The van der Waals surface area contributed by atoms with E-state index in [9.17, 15) is 14.4 Å². The van der Waals surface area contributed by atoms with Crippen molar-refractivity contribution < 1.29 is 24.6 Å². The highest BCUT2D eigenvalue weighted by atomic mass is 16.4. The number of rotatable bonds is 4. The lowest BCUT2D eigenvalue weighted by molar-refractivity contribution is -0.147. The van der Waals surface area contributed by atoms with Crippen molar-refractivity contribution >= 4 is 17.8 Å². The highest BCUT2D eigenvalue weighted by Crippen LogP contribution is 2.25. The van der Waals surface area contributed by atoms with E-state index < -0.39 is 36.0 Å². The number of aliphatic carboxylic acids is 1. The largest absolute Gasteiger partial charge is 0.480 e. The van der Waals surface area contributed by atoms with Crippen LogP contribution in [0.1, 0.15) is 33.6 Å². The van der Waals surface area contributed by atoms with Crippen LogP contribution in [0.4, 0.5) is 0 Å². The Morgan fingerprint density at radius 1 is 1.35 bits per heavy atom. The minimum atomic E-state index is -1.34. The van der Waals surface area contributed by atoms with Crippen LogP contribution in [0, 0.1) is 5.41 Å². The Balaban J connectivity index is 2.77. The van der Waals surface area contributed by atoms with Crippen molar-refractivity contribution in [2.24, 2.45) is 5.41 Å². The fraction of sp³-hybridized carbons (Fsp3) is 0.769. The number of hydrogen-bond donors (Lipinski definition) is 3. The molecule has 3 N–H and O–H groups in total. The number of aliphatic hydroxyl groups excluding tert-OH is 1. The monoisotopic (exact) mass is 286 g/mol. The third kappa shape index (κ3) is 3.69. The van der Waals surface area contributed by atoms with Crippen molar-refractivity contribution in [3.63, 3.8) is 0 Å². The second-order valence-electron chi connectivity index (χ2n) is 5.99. The van der Waals surface area contributed by atoms with Gasteiger partial charge in [-0.3, -0.25) is 9.59 Å². The van der Waals surface area contributed by atoms with Gasteiger partial charge in [0, 0.05) is 12.0 Å². The van der Waals surface area contributed by atoms with E-state index in [0.29, 0.717) is 19.4 Å². The molecule has 1 rings (SSSR count). The summed E-state index contributed by atoms with van der Waals surface area (Å²) >= 11 is 0. The van der Waals surface area contributed by atoms with Crippen LogP contribution in [0.15, 0.2) is 0 Å². The maximum absolute atomic E-state index is 12.3. The Labute approximate surface area is 117 Å². The molecule has 0 aromatic carbocycles. The molecule has 1 unspecified atom stereocenters. The van der Waals surface area contributed by atoms with E-state index in [1.54, 1.807) is 20.8 Å². The number of hydrogen-bond acceptors (Lipinski definition) is 4. The topological polar surface area (TPSA) is 107 Å². The van der Waals surface area contributed by atoms with Crippen molar-refractivity contribution in [1.29, 1.82) is 0 Å². The van der Waals surface area contributed by atoms with Crippen molar-refractivity contribution in [1.82, 2.24) is 10.2 Å². The Kier molecular flexibility index (Phi) is 5.10. The van der Waals surface area contributed by atoms with Gasteiger partial charge in [0.05, 0.1) is 6.61 Å². The van der Waals surface area contributed by atoms with E-state index in [-0.39, 0.29) is 5.91 Å². The molecule has 0 bridgehead atoms. The van der Waals surface area contributed by atoms with Gasteiger partial charge in [-0.05, 0) is 12.8 Å². The van der Waals surface area contributed by atoms with Gasteiger partial charge < -0.3 is 20.4 Å². The van der Waals surface area contributed by atoms with Gasteiger partial charge in [0.15, 0.2) is 0 Å². The molecule has 20 heavy (non-hydrogen) atoms. The molecule has 114 valence electrons. The highest BCUT2D eigenvalue weighted by Gasteiger charge is 2.39. The normalized spacial score (nSPS) is 20.6. The zero-order valence-electron chi connectivity index (χ0n) is 12.0. The van der Waals surface area contributed by atoms with Gasteiger partial charge in [0.25, 0.3) is 0 Å². The molecule has 0 aliphatic carbocycles. The Bertz CT molecular complexity index is 402. The highest BCUT2D eigenvalue weighted by molar-refractivity contribution is 5.92. The number of amides is 2. The molecule has 1 saturated heterocycles. The lowest BCUT2D eigenvalue weighted by Gasteiger charge is -2.30. The first-order chi connectivity index (χ1) is 9.18. The van der Waals surface area contributed by atoms with E-state index in [1.165, 1.54) is 4.90 Å². The van der Waals surface area contributed by atoms with E-state index >= 15 is 0 Å². The lowest BCUT2D eigenvalue weighted by atomic mass is 9.94. The van der Waals surface area contributed by atoms with Gasteiger partial charge in [-0.1, -0.05) is 20.8 Å². The molecular weight excluding hydrogens is 264 g/mol. The molecule has 7 nitrogen and oxygen atoms in total. The molecule has 1 fully saturated rings. The second-order valence-corrected chi connectivity index (χ2v) is 5.99. The molecule has 0 spiro atoms. The summed E-state index contributed by atoms with van der Waals surface area (Å²) < 4.78 is 0. The molecule has 0 aromatic rings. The molecule has 1 heterocycles. The SMILES string of the molecule is CC(C)(C)C(=O)N1CCCC1C(=O)N[C@H](CO)C(=O)O. The van der Waals surface area contributed by atoms with Gasteiger partial charge in [-0.15, -0.1) is 0 Å². The molecule has 2 atom stereocenters. The number of carbonyl (C=O) groups excluding carboxylic acids is 2. The maximum atomic E-state index is 12.3. The molecule has 1 aliphatic heterocycles. The number of nitrogens with zero attached hydrogens (tertiary/aromatic N) is 1. The standard InChI is InChI=1S/C13H22N2O5/c1-13(2,3)12(20)15-6-4-5-9(15)10(17)14-8(7-16)11(18)19/h8-9,16H,4-7H2,1-3H3,(H,14,17)(H,18,19)/t8-,9?/m1/s1. The summed E-state index contributed by atoms with van der Waals surface area (Å²) in [6.07, 6.45) is 1.21. The first kappa shape index (κ1) is 16.4. The molecule has 0 aromatic heterocycles. The number of aliphatic hydroxyl groups is 1. The first-order valence-corrected chi connectivity index (χ1v) is 6.63. The van der Waals surface area contributed by atoms with Crippen LogP contribution in [-0.2, 0) is 14.4 Å². The van der Waals surface area contributed by atoms with Crippen molar-refractivity contribution in [3.05, 3.63) is 0 Å². The van der Waals surface area contributed by atoms with Gasteiger partial charge >= 0.3 is 5.97 Å². The fourth-order valence-electron chi connectivity index (χ4n) is 2.17. The number of carboxylic acid groups (broad SMARTS) is 1. The predicted molar refractivity (Wildman–Crippen MR) is 70.8 cm³/mol. The smallest absolute Gasteiger partial charge is 0.328 e. The Morgan fingerprint density at radius 2 is 1.95 bits per heavy atom. The third-order valence-corrected chi connectivity index (χ3v) is 3.26. The van der Waals surface area contributed by atoms with Crippen LogP contribution in [0.2, 0.25) is 0 Å². The summed E-state index contributed by atoms with van der Waals surface area (Å²) in [4.78, 5) is 36.6. The van der Waals surface area contributed by atoms with E-state index in [4.69, 9.17) is 10.2 Å². The average Bonchev–Trinajstić information content (AvgIpc) is 2.81. The summed E-state index contributed by atoms with van der Waals surface area (Å²) in [5, 5.41) is 20.0. The molecule has 0 radical (unpaired) electrons. The quantitative estimate of drug-likeness (QED) is 0.651. The van der Waals surface area contributed by atoms with Crippen LogP contribution >= 0.6 is 0 Å². The summed E-state index contributed by atoms with van der Waals surface area (Å²) in [5.74, 6) is -1.96. The summed E-state index contributed by atoms with van der Waals surface area (Å²) in [6, 6.07) is -2.00. The Morgan fingerprint density at radius 3 is 2.40 bits per heavy atom. The van der Waals surface area contributed by atoms with Gasteiger partial charge in [-0.2, -0.15) is 0 Å². The first-order valence-electron chi connectivity index (χ1n) is 6.63. The molecule has 7 heteroatoms. The van der Waals surface area contributed by atoms with Gasteiger partial charge in [0.1, 0.15) is 12.1 Å². The number of likely N-dealkylation sites (tertiary alicyclic amines) is 1. The van der Waals surface area contributed by atoms with Crippen LogP contribution < -0.4 is 5.32 Å². The van der Waals surface area contributed by atoms with E-state index in [1.807, 2.05) is 0 Å². The van der Waals surface area contributed by atoms with Crippen LogP contribution in [0.5, 0.6) is 0 Å². The van der Waals surface area contributed by atoms with Gasteiger partial charge in [0.2, 0.25) is 11.8 Å². The minimum Gasteiger partial charge on any atom is -0.480 e. The van der Waals surface area contributed by atoms with E-state index in [2.05, 4.69) is 5.32 Å². The molecule has 1 aliphatic rings. The van der Waals surface area contributed by atoms with Gasteiger partial charge in [-0.25, -0.2) is 4.79 Å². The third-order valence-electron chi connectivity index (χ3n) is 3.26. The summed E-state index contributed by atoms with van der Waals surface area (Å²) in [6.45, 7) is 5.13. The van der Waals surface area contributed by atoms with Crippen LogP contribution in [-0.4, -0.2) is 58.1 Å². The lowest BCUT2D eigenvalue weighted by Crippen LogP contribution is -2.53. The van der Waals surface area contributed by atoms with Crippen LogP contribution in [0.3, 0.4) is 0 Å². The number of nitrogens with one attached hydrogen (secondary N) is 1. The van der Waals surface area contributed by atoms with Crippen molar-refractivity contribution in [2.45, 2.75) is 45.7 Å². The van der Waals surface area contributed by atoms with Crippen LogP contribution in [0.25, 0.3) is 0 Å². The minimum absolute atomic E-state index is 0.133. The average molecular weight is 286 g/mol. The number of carboxylic acids is 1. The fourth-order valence-corrected chi connectivity index (χ4v) is 2.17. The van der Waals surface area contributed by atoms with E-state index in [0.717, 1.165) is 0 Å². The van der Waals surface area contributed by atoms with Crippen molar-refractivity contribution in [3.8, 4) is 0 Å². The predicted octanol–water partition coefficient (Wildman–Crippen LogP) is -0.415. The zero-order chi connectivity index (χ0) is 15.5. The molecule has 2 amide bonds. The Hall–Kier alpha value is -1.63. The molecule has 0 saturated carbocycles. The summed E-state index contributed by atoms with van der Waals surface area (Å²) in [5.41, 5.74) is -0.591. The second kappa shape index (κ2) is 6.21. The maximum Gasteiger partial charge on any atom is 0.328 e.